The van der Waals surface area contributed by atoms with Crippen LogP contribution in [0.1, 0.15) is 16.1 Å². The lowest BCUT2D eigenvalue weighted by atomic mass is 10.2. The molecule has 0 spiro atoms. The molecule has 0 atom stereocenters. The summed E-state index contributed by atoms with van der Waals surface area (Å²) in [5.74, 6) is 0.160. The quantitative estimate of drug-likeness (QED) is 0.531. The Kier molecular flexibility index (Phi) is 4.43. The molecule has 6 nitrogen and oxygen atoms in total. The van der Waals surface area contributed by atoms with Crippen LogP contribution in [0, 0.1) is 6.92 Å². The number of carbonyl (C=O) groups is 1. The van der Waals surface area contributed by atoms with Gasteiger partial charge in [0.1, 0.15) is 24.5 Å². The van der Waals surface area contributed by atoms with Crippen LogP contribution in [0.25, 0.3) is 5.65 Å². The number of rotatable bonds is 5. The van der Waals surface area contributed by atoms with Crippen molar-refractivity contribution >= 4 is 23.2 Å². The van der Waals surface area contributed by atoms with Crippen molar-refractivity contribution in [2.45, 2.75) is 6.92 Å². The number of ether oxygens (including phenoxy) is 2. The van der Waals surface area contributed by atoms with E-state index in [1.165, 1.54) is 0 Å². The van der Waals surface area contributed by atoms with E-state index in [0.29, 0.717) is 27.7 Å². The molecular formula is C16H14ClN3O3. The van der Waals surface area contributed by atoms with Crippen molar-refractivity contribution in [3.8, 4) is 5.75 Å². The maximum Gasteiger partial charge on any atom is 0.344 e. The number of aromatic nitrogens is 3. The Morgan fingerprint density at radius 1 is 1.30 bits per heavy atom. The van der Waals surface area contributed by atoms with E-state index in [-0.39, 0.29) is 13.2 Å². The predicted molar refractivity (Wildman–Crippen MR) is 85.0 cm³/mol. The third-order valence-corrected chi connectivity index (χ3v) is 3.39. The lowest BCUT2D eigenvalue weighted by Gasteiger charge is -2.07. The standard InChI is InChI=1S/C16H14ClN3O3/c1-11-14(15-18-6-3-7-20(15)19-11)16(21)23-9-8-22-13-5-2-4-12(17)10-13/h2-7,10H,8-9H2,1H3. The molecule has 0 N–H and O–H groups in total. The Balaban J connectivity index is 1.60. The van der Waals surface area contributed by atoms with E-state index >= 15 is 0 Å². The Bertz CT molecular complexity index is 847. The molecule has 0 fully saturated rings. The molecule has 2 aromatic heterocycles. The van der Waals surface area contributed by atoms with Gasteiger partial charge in [-0.05, 0) is 31.2 Å². The van der Waals surface area contributed by atoms with E-state index < -0.39 is 5.97 Å². The van der Waals surface area contributed by atoms with Crippen molar-refractivity contribution in [1.82, 2.24) is 14.6 Å². The summed E-state index contributed by atoms with van der Waals surface area (Å²) in [6.07, 6.45) is 3.34. The molecule has 0 bridgehead atoms. The van der Waals surface area contributed by atoms with Gasteiger partial charge in [0.2, 0.25) is 0 Å². The SMILES string of the molecule is Cc1nn2cccnc2c1C(=O)OCCOc1cccc(Cl)c1. The molecule has 0 radical (unpaired) electrons. The molecule has 0 aliphatic rings. The first-order valence-corrected chi connectivity index (χ1v) is 7.38. The van der Waals surface area contributed by atoms with Gasteiger partial charge < -0.3 is 9.47 Å². The van der Waals surface area contributed by atoms with Gasteiger partial charge in [-0.2, -0.15) is 5.10 Å². The number of nitrogens with zero attached hydrogens (tertiary/aromatic N) is 3. The summed E-state index contributed by atoms with van der Waals surface area (Å²) in [4.78, 5) is 16.4. The van der Waals surface area contributed by atoms with Crippen LogP contribution in [0.2, 0.25) is 5.02 Å². The van der Waals surface area contributed by atoms with Crippen LogP contribution in [-0.4, -0.2) is 33.8 Å². The van der Waals surface area contributed by atoms with E-state index in [4.69, 9.17) is 21.1 Å². The van der Waals surface area contributed by atoms with Crippen molar-refractivity contribution in [3.05, 3.63) is 59.0 Å². The number of benzene rings is 1. The van der Waals surface area contributed by atoms with Crippen LogP contribution in [-0.2, 0) is 4.74 Å². The molecule has 3 aromatic rings. The fraction of sp³-hybridized carbons (Fsp3) is 0.188. The topological polar surface area (TPSA) is 65.7 Å². The van der Waals surface area contributed by atoms with E-state index in [0.717, 1.165) is 0 Å². The number of carbonyl (C=O) groups excluding carboxylic acids is 1. The van der Waals surface area contributed by atoms with Gasteiger partial charge >= 0.3 is 5.97 Å². The fourth-order valence-electron chi connectivity index (χ4n) is 2.16. The first-order valence-electron chi connectivity index (χ1n) is 7.00. The zero-order chi connectivity index (χ0) is 16.2. The summed E-state index contributed by atoms with van der Waals surface area (Å²) in [5, 5.41) is 4.82. The van der Waals surface area contributed by atoms with Crippen LogP contribution in [0.15, 0.2) is 42.7 Å². The fourth-order valence-corrected chi connectivity index (χ4v) is 2.34. The summed E-state index contributed by atoms with van der Waals surface area (Å²) in [6, 6.07) is 8.77. The second-order valence-corrected chi connectivity index (χ2v) is 5.23. The molecule has 23 heavy (non-hydrogen) atoms. The Hall–Kier alpha value is -2.60. The van der Waals surface area contributed by atoms with Gasteiger partial charge in [-0.3, -0.25) is 0 Å². The monoisotopic (exact) mass is 331 g/mol. The molecule has 118 valence electrons. The average molecular weight is 332 g/mol. The third kappa shape index (κ3) is 3.43. The lowest BCUT2D eigenvalue weighted by molar-refractivity contribution is 0.0451. The minimum atomic E-state index is -0.467. The van der Waals surface area contributed by atoms with Crippen LogP contribution < -0.4 is 4.74 Å². The predicted octanol–water partition coefficient (Wildman–Crippen LogP) is 2.93. The molecule has 2 heterocycles. The maximum absolute atomic E-state index is 12.2. The Morgan fingerprint density at radius 2 is 2.17 bits per heavy atom. The summed E-state index contributed by atoms with van der Waals surface area (Å²) in [7, 11) is 0. The zero-order valence-electron chi connectivity index (χ0n) is 12.4. The highest BCUT2D eigenvalue weighted by Crippen LogP contribution is 2.17. The van der Waals surface area contributed by atoms with Crippen LogP contribution >= 0.6 is 11.6 Å². The van der Waals surface area contributed by atoms with Crippen LogP contribution in [0.5, 0.6) is 5.75 Å². The largest absolute Gasteiger partial charge is 0.490 e. The minimum Gasteiger partial charge on any atom is -0.490 e. The second-order valence-electron chi connectivity index (χ2n) is 4.79. The number of halogens is 1. The van der Waals surface area contributed by atoms with Gasteiger partial charge in [0.15, 0.2) is 5.65 Å². The molecule has 0 amide bonds. The molecule has 0 saturated carbocycles. The van der Waals surface area contributed by atoms with E-state index in [9.17, 15) is 4.79 Å². The zero-order valence-corrected chi connectivity index (χ0v) is 13.2. The minimum absolute atomic E-state index is 0.120. The highest BCUT2D eigenvalue weighted by molar-refractivity contribution is 6.30. The highest BCUT2D eigenvalue weighted by Gasteiger charge is 2.19. The number of aryl methyl sites for hydroxylation is 1. The number of hydrogen-bond acceptors (Lipinski definition) is 5. The smallest absolute Gasteiger partial charge is 0.344 e. The first-order chi connectivity index (χ1) is 11.1. The van der Waals surface area contributed by atoms with Gasteiger partial charge in [0.25, 0.3) is 0 Å². The molecular weight excluding hydrogens is 318 g/mol. The molecule has 1 aromatic carbocycles. The summed E-state index contributed by atoms with van der Waals surface area (Å²) >= 11 is 5.87. The average Bonchev–Trinajstić information content (AvgIpc) is 2.87. The van der Waals surface area contributed by atoms with Crippen LogP contribution in [0.4, 0.5) is 0 Å². The highest BCUT2D eigenvalue weighted by atomic mass is 35.5. The summed E-state index contributed by atoms with van der Waals surface area (Å²) in [6.45, 7) is 2.10. The van der Waals surface area contributed by atoms with Gasteiger partial charge in [0.05, 0.1) is 5.69 Å². The van der Waals surface area contributed by atoms with Gasteiger partial charge in [-0.1, -0.05) is 17.7 Å². The molecule has 0 aliphatic carbocycles. The third-order valence-electron chi connectivity index (χ3n) is 3.16. The van der Waals surface area contributed by atoms with Crippen molar-refractivity contribution in [3.63, 3.8) is 0 Å². The van der Waals surface area contributed by atoms with Crippen molar-refractivity contribution in [2.24, 2.45) is 0 Å². The van der Waals surface area contributed by atoms with E-state index in [2.05, 4.69) is 10.1 Å². The maximum atomic E-state index is 12.2. The number of fused-ring (bicyclic) bond motifs is 1. The lowest BCUT2D eigenvalue weighted by Crippen LogP contribution is -2.13. The Labute approximate surface area is 137 Å². The van der Waals surface area contributed by atoms with Crippen molar-refractivity contribution in [2.75, 3.05) is 13.2 Å². The van der Waals surface area contributed by atoms with Gasteiger partial charge in [-0.15, -0.1) is 0 Å². The molecule has 0 aliphatic heterocycles. The molecule has 0 saturated heterocycles. The summed E-state index contributed by atoms with van der Waals surface area (Å²) < 4.78 is 12.3. The second kappa shape index (κ2) is 6.66. The molecule has 3 rings (SSSR count). The van der Waals surface area contributed by atoms with E-state index in [1.807, 2.05) is 0 Å². The first kappa shape index (κ1) is 15.3. The number of hydrogen-bond donors (Lipinski definition) is 0. The van der Waals surface area contributed by atoms with Gasteiger partial charge in [0, 0.05) is 17.4 Å². The Morgan fingerprint density at radius 3 is 3.00 bits per heavy atom. The molecule has 7 heteroatoms. The van der Waals surface area contributed by atoms with Crippen molar-refractivity contribution in [1.29, 1.82) is 0 Å². The van der Waals surface area contributed by atoms with E-state index in [1.54, 1.807) is 54.2 Å². The normalized spacial score (nSPS) is 10.7. The summed E-state index contributed by atoms with van der Waals surface area (Å²) in [5.41, 5.74) is 1.42. The molecule has 0 unspecified atom stereocenters. The van der Waals surface area contributed by atoms with Gasteiger partial charge in [-0.25, -0.2) is 14.3 Å². The van der Waals surface area contributed by atoms with Crippen molar-refractivity contribution < 1.29 is 14.3 Å². The number of esters is 1. The van der Waals surface area contributed by atoms with Crippen LogP contribution in [0.3, 0.4) is 0 Å².